The largest absolute Gasteiger partial charge is 0.494 e. The van der Waals surface area contributed by atoms with E-state index in [9.17, 15) is 9.59 Å². The lowest BCUT2D eigenvalue weighted by Crippen LogP contribution is -2.42. The summed E-state index contributed by atoms with van der Waals surface area (Å²) in [5, 5.41) is 7.01. The Morgan fingerprint density at radius 1 is 0.632 bits per heavy atom. The fraction of sp³-hybridized carbons (Fsp3) is 0.562. The zero-order valence-corrected chi connectivity index (χ0v) is 24.6. The number of carbonyl (C=O) groups excluding carboxylic acids is 2. The molecule has 2 atom stereocenters. The van der Waals surface area contributed by atoms with Crippen LogP contribution in [-0.4, -0.2) is 48.9 Å². The van der Waals surface area contributed by atoms with Gasteiger partial charge in [-0.05, 0) is 117 Å². The lowest BCUT2D eigenvalue weighted by Gasteiger charge is -2.28. The number of benzene rings is 2. The Morgan fingerprint density at radius 3 is 1.21 bits per heavy atom. The minimum Gasteiger partial charge on any atom is -0.494 e. The smallest absolute Gasteiger partial charge is 0.167 e. The van der Waals surface area contributed by atoms with Gasteiger partial charge in [-0.1, -0.05) is 0 Å². The third-order valence-electron chi connectivity index (χ3n) is 6.26. The second-order valence-corrected chi connectivity index (χ2v) is 11.9. The van der Waals surface area contributed by atoms with Gasteiger partial charge in [0, 0.05) is 47.1 Å². The van der Waals surface area contributed by atoms with Crippen LogP contribution >= 0.6 is 0 Å². The number of ketones is 2. The molecule has 210 valence electrons. The van der Waals surface area contributed by atoms with Crippen molar-refractivity contribution in [3.63, 3.8) is 0 Å². The Bertz CT molecular complexity index is 918. The van der Waals surface area contributed by atoms with E-state index >= 15 is 0 Å². The summed E-state index contributed by atoms with van der Waals surface area (Å²) in [4.78, 5) is 27.2. The van der Waals surface area contributed by atoms with Crippen LogP contribution in [0.3, 0.4) is 0 Å². The van der Waals surface area contributed by atoms with Crippen molar-refractivity contribution in [2.45, 2.75) is 79.3 Å². The lowest BCUT2D eigenvalue weighted by atomic mass is 9.85. The van der Waals surface area contributed by atoms with Crippen molar-refractivity contribution in [3.8, 4) is 11.5 Å². The molecule has 38 heavy (non-hydrogen) atoms. The van der Waals surface area contributed by atoms with E-state index < -0.39 is 0 Å². The molecular weight excluding hydrogens is 476 g/mol. The molecule has 2 aromatic carbocycles. The van der Waals surface area contributed by atoms with E-state index in [0.717, 1.165) is 11.5 Å². The van der Waals surface area contributed by atoms with Gasteiger partial charge in [0.15, 0.2) is 11.6 Å². The van der Waals surface area contributed by atoms with Crippen LogP contribution in [0.15, 0.2) is 48.5 Å². The zero-order chi connectivity index (χ0) is 28.3. The van der Waals surface area contributed by atoms with Crippen LogP contribution in [0.4, 0.5) is 0 Å². The molecule has 0 saturated heterocycles. The Balaban J connectivity index is 2.24. The maximum atomic E-state index is 13.6. The molecule has 0 amide bonds. The number of ether oxygens (including phenoxy) is 2. The average Bonchev–Trinajstić information content (AvgIpc) is 2.85. The number of hydrogen-bond acceptors (Lipinski definition) is 6. The summed E-state index contributed by atoms with van der Waals surface area (Å²) in [6.07, 6.45) is 1.21. The summed E-state index contributed by atoms with van der Waals surface area (Å²) in [6.45, 7) is 18.7. The molecule has 0 aliphatic rings. The van der Waals surface area contributed by atoms with Gasteiger partial charge in [0.25, 0.3) is 0 Å². The van der Waals surface area contributed by atoms with Crippen LogP contribution in [0, 0.1) is 11.8 Å². The van der Waals surface area contributed by atoms with E-state index in [2.05, 4.69) is 52.2 Å². The molecule has 6 nitrogen and oxygen atoms in total. The molecule has 6 heteroatoms. The SMILES string of the molecule is CCOc1ccc(C(=O)[C@H](CC[C@H](CNC(C)(C)C)C(=O)c2ccc(OCC)cc2)CNC(C)(C)C)cc1. The summed E-state index contributed by atoms with van der Waals surface area (Å²) in [5.74, 6) is 1.17. The lowest BCUT2D eigenvalue weighted by molar-refractivity contribution is 0.0858. The molecule has 0 radical (unpaired) electrons. The number of carbonyl (C=O) groups is 2. The Morgan fingerprint density at radius 2 is 0.947 bits per heavy atom. The summed E-state index contributed by atoms with van der Waals surface area (Å²) in [7, 11) is 0. The first-order valence-electron chi connectivity index (χ1n) is 13.9. The summed E-state index contributed by atoms with van der Waals surface area (Å²) < 4.78 is 11.1. The van der Waals surface area contributed by atoms with Crippen molar-refractivity contribution in [1.29, 1.82) is 0 Å². The Labute approximate surface area is 229 Å². The Kier molecular flexibility index (Phi) is 12.0. The minimum atomic E-state index is -0.252. The number of Topliss-reactive ketones (excluding diaryl/α,β-unsaturated/α-hetero) is 2. The predicted octanol–water partition coefficient (Wildman–Crippen LogP) is 6.34. The van der Waals surface area contributed by atoms with Crippen LogP contribution in [0.5, 0.6) is 11.5 Å². The number of nitrogens with one attached hydrogen (secondary N) is 2. The fourth-order valence-corrected chi connectivity index (χ4v) is 4.15. The minimum absolute atomic E-state index is 0.0841. The summed E-state index contributed by atoms with van der Waals surface area (Å²) >= 11 is 0. The first-order valence-corrected chi connectivity index (χ1v) is 13.9. The highest BCUT2D eigenvalue weighted by Crippen LogP contribution is 2.24. The highest BCUT2D eigenvalue weighted by Gasteiger charge is 2.27. The van der Waals surface area contributed by atoms with Crippen molar-refractivity contribution in [2.24, 2.45) is 11.8 Å². The van der Waals surface area contributed by atoms with E-state index in [1.165, 1.54) is 0 Å². The summed E-state index contributed by atoms with van der Waals surface area (Å²) in [6, 6.07) is 14.7. The van der Waals surface area contributed by atoms with Crippen LogP contribution in [0.1, 0.15) is 88.9 Å². The van der Waals surface area contributed by atoms with E-state index in [4.69, 9.17) is 9.47 Å². The molecule has 2 aromatic rings. The van der Waals surface area contributed by atoms with Crippen LogP contribution in [-0.2, 0) is 0 Å². The fourth-order valence-electron chi connectivity index (χ4n) is 4.15. The third kappa shape index (κ3) is 11.0. The topological polar surface area (TPSA) is 76.7 Å². The molecule has 0 saturated carbocycles. The molecule has 0 bridgehead atoms. The van der Waals surface area contributed by atoms with E-state index in [-0.39, 0.29) is 34.5 Å². The molecule has 2 N–H and O–H groups in total. The third-order valence-corrected chi connectivity index (χ3v) is 6.26. The summed E-state index contributed by atoms with van der Waals surface area (Å²) in [5.41, 5.74) is 1.08. The van der Waals surface area contributed by atoms with Crippen molar-refractivity contribution in [1.82, 2.24) is 10.6 Å². The van der Waals surface area contributed by atoms with Crippen LogP contribution in [0.25, 0.3) is 0 Å². The van der Waals surface area contributed by atoms with Gasteiger partial charge in [0.1, 0.15) is 11.5 Å². The maximum absolute atomic E-state index is 13.6. The van der Waals surface area contributed by atoms with Crippen molar-refractivity contribution in [2.75, 3.05) is 26.3 Å². The van der Waals surface area contributed by atoms with E-state index in [1.807, 2.05) is 62.4 Å². The molecule has 0 fully saturated rings. The monoisotopic (exact) mass is 524 g/mol. The first-order chi connectivity index (χ1) is 17.8. The molecule has 0 unspecified atom stereocenters. The van der Waals surface area contributed by atoms with E-state index in [1.54, 1.807) is 0 Å². The van der Waals surface area contributed by atoms with Crippen LogP contribution < -0.4 is 20.1 Å². The highest BCUT2D eigenvalue weighted by atomic mass is 16.5. The molecule has 0 aliphatic heterocycles. The van der Waals surface area contributed by atoms with Gasteiger partial charge in [-0.15, -0.1) is 0 Å². The highest BCUT2D eigenvalue weighted by molar-refractivity contribution is 5.99. The molecular formula is C32H48N2O4. The van der Waals surface area contributed by atoms with Gasteiger partial charge in [0.05, 0.1) is 13.2 Å². The second kappa shape index (κ2) is 14.5. The van der Waals surface area contributed by atoms with Crippen molar-refractivity contribution >= 4 is 11.6 Å². The van der Waals surface area contributed by atoms with Gasteiger partial charge in [0.2, 0.25) is 0 Å². The zero-order valence-electron chi connectivity index (χ0n) is 24.6. The predicted molar refractivity (Wildman–Crippen MR) is 156 cm³/mol. The number of rotatable bonds is 15. The number of hydrogen-bond donors (Lipinski definition) is 2. The van der Waals surface area contributed by atoms with Crippen molar-refractivity contribution in [3.05, 3.63) is 59.7 Å². The van der Waals surface area contributed by atoms with Gasteiger partial charge in [-0.25, -0.2) is 0 Å². The van der Waals surface area contributed by atoms with Crippen molar-refractivity contribution < 1.29 is 19.1 Å². The van der Waals surface area contributed by atoms with Crippen LogP contribution in [0.2, 0.25) is 0 Å². The second-order valence-electron chi connectivity index (χ2n) is 11.9. The maximum Gasteiger partial charge on any atom is 0.167 e. The standard InChI is InChI=1S/C32H48N2O4/c1-9-37-27-17-13-23(14-18-27)29(35)25(21-33-31(3,4)5)11-12-26(22-34-32(6,7)8)30(36)24-15-19-28(20-16-24)38-10-2/h13-20,25-26,33-34H,9-12,21-22H2,1-8H3/t25-,26-/m1/s1. The van der Waals surface area contributed by atoms with Gasteiger partial charge in [-0.3, -0.25) is 9.59 Å². The Hall–Kier alpha value is -2.70. The normalized spacial score (nSPS) is 13.6. The van der Waals surface area contributed by atoms with Gasteiger partial charge in [-0.2, -0.15) is 0 Å². The molecule has 0 heterocycles. The van der Waals surface area contributed by atoms with E-state index in [0.29, 0.717) is 50.3 Å². The van der Waals surface area contributed by atoms with Gasteiger partial charge < -0.3 is 20.1 Å². The van der Waals surface area contributed by atoms with Gasteiger partial charge >= 0.3 is 0 Å². The quantitative estimate of drug-likeness (QED) is 0.265. The molecule has 2 rings (SSSR count). The molecule has 0 spiro atoms. The first kappa shape index (κ1) is 31.5. The molecule has 0 aromatic heterocycles. The average molecular weight is 525 g/mol. The molecule has 0 aliphatic carbocycles.